The second-order valence-electron chi connectivity index (χ2n) is 3.30. The molecule has 0 heterocycles. The van der Waals surface area contributed by atoms with Crippen LogP contribution in [-0.4, -0.2) is 24.0 Å². The van der Waals surface area contributed by atoms with Gasteiger partial charge in [-0.25, -0.2) is 4.39 Å². The second-order valence-corrected chi connectivity index (χ2v) is 3.82. The quantitative estimate of drug-likeness (QED) is 0.745. The smallest absolute Gasteiger partial charge is 0.223 e. The number of carbonyl (C=O) groups is 1. The molecule has 1 aromatic rings. The zero-order valence-electron chi connectivity index (χ0n) is 9.11. The molecule has 0 unspecified atom stereocenters. The fourth-order valence-corrected chi connectivity index (χ4v) is 1.16. The van der Waals surface area contributed by atoms with Crippen LogP contribution < -0.4 is 15.8 Å². The number of ether oxygens (including phenoxy) is 1. The van der Waals surface area contributed by atoms with Gasteiger partial charge in [-0.2, -0.15) is 0 Å². The first-order valence-electron chi connectivity index (χ1n) is 5.01. The fourth-order valence-electron chi connectivity index (χ4n) is 1.09. The SMILES string of the molecule is NC(=S)CNC(=O)CCOc1cccc(F)c1. The van der Waals surface area contributed by atoms with Crippen LogP contribution in [0.4, 0.5) is 4.39 Å². The van der Waals surface area contributed by atoms with Crippen LogP contribution in [0.25, 0.3) is 0 Å². The van der Waals surface area contributed by atoms with E-state index in [4.69, 9.17) is 10.5 Å². The first-order valence-corrected chi connectivity index (χ1v) is 5.42. The normalized spacial score (nSPS) is 9.71. The number of rotatable bonds is 6. The monoisotopic (exact) mass is 256 g/mol. The van der Waals surface area contributed by atoms with Gasteiger partial charge in [-0.1, -0.05) is 18.3 Å². The van der Waals surface area contributed by atoms with E-state index in [1.807, 2.05) is 0 Å². The lowest BCUT2D eigenvalue weighted by molar-refractivity contribution is -0.121. The number of benzene rings is 1. The Bertz CT molecular complexity index is 412. The molecule has 0 saturated heterocycles. The molecule has 6 heteroatoms. The molecule has 0 atom stereocenters. The molecule has 4 nitrogen and oxygen atoms in total. The van der Waals surface area contributed by atoms with Crippen molar-refractivity contribution in [2.75, 3.05) is 13.2 Å². The number of amides is 1. The van der Waals surface area contributed by atoms with E-state index >= 15 is 0 Å². The zero-order chi connectivity index (χ0) is 12.7. The lowest BCUT2D eigenvalue weighted by Gasteiger charge is -2.06. The molecule has 0 fully saturated rings. The van der Waals surface area contributed by atoms with E-state index in [2.05, 4.69) is 17.5 Å². The second kappa shape index (κ2) is 6.80. The number of thiocarbonyl (C=S) groups is 1. The minimum atomic E-state index is -0.375. The average molecular weight is 256 g/mol. The Balaban J connectivity index is 2.23. The van der Waals surface area contributed by atoms with Crippen molar-refractivity contribution in [3.8, 4) is 5.75 Å². The van der Waals surface area contributed by atoms with Crippen LogP contribution in [0, 0.1) is 5.82 Å². The number of nitrogens with two attached hydrogens (primary N) is 1. The molecule has 0 radical (unpaired) electrons. The minimum Gasteiger partial charge on any atom is -0.493 e. The Hall–Kier alpha value is -1.69. The molecule has 0 aliphatic heterocycles. The summed E-state index contributed by atoms with van der Waals surface area (Å²) in [4.78, 5) is 11.5. The summed E-state index contributed by atoms with van der Waals surface area (Å²) >= 11 is 4.61. The molecule has 0 aliphatic carbocycles. The van der Waals surface area contributed by atoms with Gasteiger partial charge in [0.05, 0.1) is 24.6 Å². The lowest BCUT2D eigenvalue weighted by atomic mass is 10.3. The maximum atomic E-state index is 12.8. The van der Waals surface area contributed by atoms with Crippen LogP contribution in [-0.2, 0) is 4.79 Å². The van der Waals surface area contributed by atoms with Gasteiger partial charge in [-0.3, -0.25) is 4.79 Å². The van der Waals surface area contributed by atoms with Crippen LogP contribution in [0.15, 0.2) is 24.3 Å². The van der Waals surface area contributed by atoms with Gasteiger partial charge in [0.2, 0.25) is 5.91 Å². The summed E-state index contributed by atoms with van der Waals surface area (Å²) in [5.74, 6) is -0.193. The van der Waals surface area contributed by atoms with Gasteiger partial charge in [0.1, 0.15) is 11.6 Å². The molecule has 1 amide bonds. The highest BCUT2D eigenvalue weighted by atomic mass is 32.1. The molecule has 0 spiro atoms. The van der Waals surface area contributed by atoms with Gasteiger partial charge in [0, 0.05) is 6.07 Å². The predicted octanol–water partition coefficient (Wildman–Crippen LogP) is 0.997. The maximum Gasteiger partial charge on any atom is 0.223 e. The summed E-state index contributed by atoms with van der Waals surface area (Å²) in [6.07, 6.45) is 0.166. The minimum absolute atomic E-state index is 0.166. The molecule has 0 aliphatic rings. The van der Waals surface area contributed by atoms with E-state index in [0.29, 0.717) is 5.75 Å². The van der Waals surface area contributed by atoms with Crippen LogP contribution in [0.2, 0.25) is 0 Å². The van der Waals surface area contributed by atoms with Gasteiger partial charge in [-0.05, 0) is 12.1 Å². The fraction of sp³-hybridized carbons (Fsp3) is 0.273. The third-order valence-electron chi connectivity index (χ3n) is 1.85. The molecule has 1 rings (SSSR count). The Morgan fingerprint density at radius 1 is 1.53 bits per heavy atom. The molecule has 0 saturated carbocycles. The van der Waals surface area contributed by atoms with Gasteiger partial charge >= 0.3 is 0 Å². The van der Waals surface area contributed by atoms with Crippen molar-refractivity contribution in [2.24, 2.45) is 5.73 Å². The van der Waals surface area contributed by atoms with E-state index in [9.17, 15) is 9.18 Å². The molecule has 1 aromatic carbocycles. The zero-order valence-corrected chi connectivity index (χ0v) is 9.93. The van der Waals surface area contributed by atoms with E-state index < -0.39 is 0 Å². The molecule has 0 aromatic heterocycles. The largest absolute Gasteiger partial charge is 0.493 e. The first kappa shape index (κ1) is 13.4. The van der Waals surface area contributed by atoms with Crippen LogP contribution in [0.5, 0.6) is 5.75 Å². The third kappa shape index (κ3) is 5.82. The molecular formula is C11H13FN2O2S. The van der Waals surface area contributed by atoms with Gasteiger partial charge in [-0.15, -0.1) is 0 Å². The summed E-state index contributed by atoms with van der Waals surface area (Å²) in [6.45, 7) is 0.348. The maximum absolute atomic E-state index is 12.8. The molecular weight excluding hydrogens is 243 g/mol. The third-order valence-corrected chi connectivity index (χ3v) is 2.00. The number of hydrogen-bond donors (Lipinski definition) is 2. The summed E-state index contributed by atoms with van der Waals surface area (Å²) < 4.78 is 18.0. The summed E-state index contributed by atoms with van der Waals surface area (Å²) in [5, 5.41) is 2.52. The molecule has 92 valence electrons. The van der Waals surface area contributed by atoms with Crippen molar-refractivity contribution in [3.05, 3.63) is 30.1 Å². The Kier molecular flexibility index (Phi) is 5.35. The first-order chi connectivity index (χ1) is 8.08. The predicted molar refractivity (Wildman–Crippen MR) is 66.3 cm³/mol. The summed E-state index contributed by atoms with van der Waals surface area (Å²) in [6, 6.07) is 5.74. The van der Waals surface area contributed by atoms with E-state index in [1.165, 1.54) is 18.2 Å². The molecule has 3 N–H and O–H groups in total. The standard InChI is InChI=1S/C11H13FN2O2S/c12-8-2-1-3-9(6-8)16-5-4-11(15)14-7-10(13)17/h1-3,6H,4-5,7H2,(H2,13,17)(H,14,15). The van der Waals surface area contributed by atoms with Crippen molar-refractivity contribution in [1.29, 1.82) is 0 Å². The van der Waals surface area contributed by atoms with E-state index in [0.717, 1.165) is 0 Å². The lowest BCUT2D eigenvalue weighted by Crippen LogP contribution is -2.32. The Labute approximate surface area is 104 Å². The summed E-state index contributed by atoms with van der Waals surface area (Å²) in [7, 11) is 0. The Morgan fingerprint density at radius 2 is 2.29 bits per heavy atom. The highest BCUT2D eigenvalue weighted by Crippen LogP contribution is 2.11. The topological polar surface area (TPSA) is 64.3 Å². The van der Waals surface area contributed by atoms with Crippen LogP contribution >= 0.6 is 12.2 Å². The number of halogens is 1. The highest BCUT2D eigenvalue weighted by molar-refractivity contribution is 7.80. The highest BCUT2D eigenvalue weighted by Gasteiger charge is 2.02. The number of nitrogens with one attached hydrogen (secondary N) is 1. The van der Waals surface area contributed by atoms with Gasteiger partial charge in [0.15, 0.2) is 0 Å². The van der Waals surface area contributed by atoms with Gasteiger partial charge < -0.3 is 15.8 Å². The van der Waals surface area contributed by atoms with E-state index in [-0.39, 0.29) is 36.3 Å². The molecule has 17 heavy (non-hydrogen) atoms. The van der Waals surface area contributed by atoms with Crippen molar-refractivity contribution < 1.29 is 13.9 Å². The van der Waals surface area contributed by atoms with Crippen LogP contribution in [0.3, 0.4) is 0 Å². The van der Waals surface area contributed by atoms with Crippen molar-refractivity contribution in [2.45, 2.75) is 6.42 Å². The van der Waals surface area contributed by atoms with Crippen molar-refractivity contribution in [1.82, 2.24) is 5.32 Å². The Morgan fingerprint density at radius 3 is 2.94 bits per heavy atom. The van der Waals surface area contributed by atoms with Crippen molar-refractivity contribution in [3.63, 3.8) is 0 Å². The number of hydrogen-bond acceptors (Lipinski definition) is 3. The average Bonchev–Trinajstić information content (AvgIpc) is 2.26. The number of carbonyl (C=O) groups excluding carboxylic acids is 1. The van der Waals surface area contributed by atoms with Crippen LogP contribution in [0.1, 0.15) is 6.42 Å². The van der Waals surface area contributed by atoms with Gasteiger partial charge in [0.25, 0.3) is 0 Å². The van der Waals surface area contributed by atoms with E-state index in [1.54, 1.807) is 6.07 Å². The molecule has 0 bridgehead atoms. The summed E-state index contributed by atoms with van der Waals surface area (Å²) in [5.41, 5.74) is 5.22. The van der Waals surface area contributed by atoms with Crippen molar-refractivity contribution >= 4 is 23.1 Å².